The largest absolute Gasteiger partial charge is 0.370 e. The highest BCUT2D eigenvalue weighted by Crippen LogP contribution is 2.25. The summed E-state index contributed by atoms with van der Waals surface area (Å²) in [5.41, 5.74) is 5.26. The van der Waals surface area contributed by atoms with Gasteiger partial charge in [0.25, 0.3) is 0 Å². The summed E-state index contributed by atoms with van der Waals surface area (Å²) in [6, 6.07) is 14.2. The van der Waals surface area contributed by atoms with E-state index in [2.05, 4.69) is 62.9 Å². The van der Waals surface area contributed by atoms with Gasteiger partial charge in [0.1, 0.15) is 0 Å². The number of hydrogen-bond acceptors (Lipinski definition) is 5. The van der Waals surface area contributed by atoms with Crippen LogP contribution in [0.5, 0.6) is 0 Å². The SMILES string of the molecule is Cc1ccc(N2CCN(Cc3cc(N4CCCN5CCCC5C4)ccn3)CC2)cc1. The van der Waals surface area contributed by atoms with Crippen LogP contribution >= 0.6 is 0 Å². The normalized spacial score (nSPS) is 23.4. The Kier molecular flexibility index (Phi) is 5.91. The third-order valence-corrected chi connectivity index (χ3v) is 7.13. The summed E-state index contributed by atoms with van der Waals surface area (Å²) in [5, 5.41) is 0. The van der Waals surface area contributed by atoms with Gasteiger partial charge in [0.15, 0.2) is 0 Å². The molecule has 3 aliphatic heterocycles. The first kappa shape index (κ1) is 19.8. The van der Waals surface area contributed by atoms with Crippen LogP contribution in [0.1, 0.15) is 30.5 Å². The Morgan fingerprint density at radius 2 is 1.63 bits per heavy atom. The topological polar surface area (TPSA) is 25.9 Å². The van der Waals surface area contributed by atoms with Gasteiger partial charge in [-0.25, -0.2) is 0 Å². The minimum absolute atomic E-state index is 0.749. The van der Waals surface area contributed by atoms with Crippen LogP contribution in [-0.4, -0.2) is 73.2 Å². The standard InChI is InChI=1S/C25H35N5/c1-21-5-7-23(8-6-21)29-16-14-27(15-17-29)19-22-18-24(9-10-26-22)30-13-3-12-28-11-2-4-25(28)20-30/h5-10,18,25H,2-4,11-17,19-20H2,1H3. The minimum atomic E-state index is 0.749. The van der Waals surface area contributed by atoms with Crippen molar-refractivity contribution in [1.82, 2.24) is 14.8 Å². The lowest BCUT2D eigenvalue weighted by Gasteiger charge is -2.36. The highest BCUT2D eigenvalue weighted by Gasteiger charge is 2.29. The first-order valence-corrected chi connectivity index (χ1v) is 11.7. The van der Waals surface area contributed by atoms with Gasteiger partial charge < -0.3 is 9.80 Å². The zero-order valence-electron chi connectivity index (χ0n) is 18.3. The fourth-order valence-electron chi connectivity index (χ4n) is 5.34. The van der Waals surface area contributed by atoms with Crippen molar-refractivity contribution in [2.75, 3.05) is 62.2 Å². The van der Waals surface area contributed by atoms with Crippen molar-refractivity contribution in [1.29, 1.82) is 0 Å². The molecule has 160 valence electrons. The second-order valence-electron chi connectivity index (χ2n) is 9.24. The molecule has 0 spiro atoms. The number of hydrogen-bond donors (Lipinski definition) is 0. The molecule has 0 saturated carbocycles. The lowest BCUT2D eigenvalue weighted by atomic mass is 10.2. The zero-order chi connectivity index (χ0) is 20.3. The highest BCUT2D eigenvalue weighted by atomic mass is 15.3. The maximum absolute atomic E-state index is 4.71. The molecular weight excluding hydrogens is 370 g/mol. The number of rotatable bonds is 4. The van der Waals surface area contributed by atoms with Gasteiger partial charge in [-0.15, -0.1) is 0 Å². The number of aromatic nitrogens is 1. The molecule has 5 nitrogen and oxygen atoms in total. The maximum atomic E-state index is 4.71. The summed E-state index contributed by atoms with van der Waals surface area (Å²) in [5.74, 6) is 0. The Hall–Kier alpha value is -2.11. The van der Waals surface area contributed by atoms with Gasteiger partial charge in [-0.1, -0.05) is 17.7 Å². The molecule has 2 aromatic rings. The molecule has 1 aromatic carbocycles. The van der Waals surface area contributed by atoms with Gasteiger partial charge in [-0.2, -0.15) is 0 Å². The predicted molar refractivity (Wildman–Crippen MR) is 124 cm³/mol. The van der Waals surface area contributed by atoms with Gasteiger partial charge >= 0.3 is 0 Å². The average Bonchev–Trinajstić information content (AvgIpc) is 3.12. The Labute approximate surface area is 181 Å². The summed E-state index contributed by atoms with van der Waals surface area (Å²) in [6.45, 7) is 12.4. The van der Waals surface area contributed by atoms with Gasteiger partial charge in [0.05, 0.1) is 5.69 Å². The van der Waals surface area contributed by atoms with Crippen molar-refractivity contribution in [2.24, 2.45) is 0 Å². The van der Waals surface area contributed by atoms with Crippen LogP contribution in [0, 0.1) is 6.92 Å². The monoisotopic (exact) mass is 405 g/mol. The molecule has 5 rings (SSSR count). The Morgan fingerprint density at radius 3 is 2.47 bits per heavy atom. The number of aryl methyl sites for hydroxylation is 1. The summed E-state index contributed by atoms with van der Waals surface area (Å²) >= 11 is 0. The van der Waals surface area contributed by atoms with Crippen LogP contribution in [-0.2, 0) is 6.54 Å². The Balaban J connectivity index is 1.19. The highest BCUT2D eigenvalue weighted by molar-refractivity contribution is 5.48. The van der Waals surface area contributed by atoms with E-state index in [4.69, 9.17) is 4.98 Å². The van der Waals surface area contributed by atoms with E-state index in [1.165, 1.54) is 68.1 Å². The molecule has 3 aliphatic rings. The average molecular weight is 406 g/mol. The van der Waals surface area contributed by atoms with Gasteiger partial charge in [0, 0.05) is 76.0 Å². The quantitative estimate of drug-likeness (QED) is 0.777. The van der Waals surface area contributed by atoms with Crippen LogP contribution in [0.15, 0.2) is 42.6 Å². The number of fused-ring (bicyclic) bond motifs is 1. The molecule has 0 N–H and O–H groups in total. The molecule has 0 aliphatic carbocycles. The van der Waals surface area contributed by atoms with Crippen LogP contribution in [0.3, 0.4) is 0 Å². The van der Waals surface area contributed by atoms with E-state index < -0.39 is 0 Å². The lowest BCUT2D eigenvalue weighted by Crippen LogP contribution is -2.46. The van der Waals surface area contributed by atoms with Crippen LogP contribution in [0.25, 0.3) is 0 Å². The van der Waals surface area contributed by atoms with Crippen LogP contribution in [0.2, 0.25) is 0 Å². The van der Waals surface area contributed by atoms with E-state index in [9.17, 15) is 0 Å². The summed E-state index contributed by atoms with van der Waals surface area (Å²) in [6.07, 6.45) is 6.02. The molecule has 1 aromatic heterocycles. The second-order valence-corrected chi connectivity index (χ2v) is 9.24. The fourth-order valence-corrected chi connectivity index (χ4v) is 5.34. The van der Waals surface area contributed by atoms with Crippen molar-refractivity contribution in [3.8, 4) is 0 Å². The molecule has 30 heavy (non-hydrogen) atoms. The fraction of sp³-hybridized carbons (Fsp3) is 0.560. The molecule has 0 radical (unpaired) electrons. The van der Waals surface area contributed by atoms with Crippen LogP contribution in [0.4, 0.5) is 11.4 Å². The molecule has 4 heterocycles. The molecule has 5 heteroatoms. The second kappa shape index (κ2) is 8.94. The van der Waals surface area contributed by atoms with Crippen molar-refractivity contribution in [3.05, 3.63) is 53.9 Å². The zero-order valence-corrected chi connectivity index (χ0v) is 18.3. The van der Waals surface area contributed by atoms with Crippen molar-refractivity contribution in [2.45, 2.75) is 38.8 Å². The van der Waals surface area contributed by atoms with E-state index in [0.29, 0.717) is 0 Å². The van der Waals surface area contributed by atoms with Gasteiger partial charge in [0.2, 0.25) is 0 Å². The summed E-state index contributed by atoms with van der Waals surface area (Å²) < 4.78 is 0. The molecule has 0 bridgehead atoms. The van der Waals surface area contributed by atoms with E-state index in [-0.39, 0.29) is 0 Å². The molecule has 1 unspecified atom stereocenters. The third-order valence-electron chi connectivity index (χ3n) is 7.13. The molecule has 3 fully saturated rings. The van der Waals surface area contributed by atoms with E-state index in [0.717, 1.165) is 38.8 Å². The van der Waals surface area contributed by atoms with Crippen molar-refractivity contribution >= 4 is 11.4 Å². The van der Waals surface area contributed by atoms with Crippen LogP contribution < -0.4 is 9.80 Å². The van der Waals surface area contributed by atoms with Crippen molar-refractivity contribution < 1.29 is 0 Å². The maximum Gasteiger partial charge on any atom is 0.0564 e. The number of piperazine rings is 1. The molecule has 1 atom stereocenters. The Bertz CT molecular complexity index is 828. The Morgan fingerprint density at radius 1 is 0.833 bits per heavy atom. The number of anilines is 2. The van der Waals surface area contributed by atoms with E-state index >= 15 is 0 Å². The first-order chi connectivity index (χ1) is 14.7. The number of nitrogens with zero attached hydrogens (tertiary/aromatic N) is 5. The van der Waals surface area contributed by atoms with E-state index in [1.807, 2.05) is 6.20 Å². The lowest BCUT2D eigenvalue weighted by molar-refractivity contribution is 0.247. The third kappa shape index (κ3) is 4.47. The summed E-state index contributed by atoms with van der Waals surface area (Å²) in [7, 11) is 0. The van der Waals surface area contributed by atoms with Gasteiger partial charge in [-0.3, -0.25) is 14.8 Å². The molecular formula is C25H35N5. The first-order valence-electron chi connectivity index (χ1n) is 11.7. The van der Waals surface area contributed by atoms with E-state index in [1.54, 1.807) is 0 Å². The smallest absolute Gasteiger partial charge is 0.0564 e. The summed E-state index contributed by atoms with van der Waals surface area (Å²) in [4.78, 5) is 15.1. The predicted octanol–water partition coefficient (Wildman–Crippen LogP) is 3.39. The number of benzene rings is 1. The van der Waals surface area contributed by atoms with Gasteiger partial charge in [-0.05, 0) is 57.0 Å². The minimum Gasteiger partial charge on any atom is -0.370 e. The van der Waals surface area contributed by atoms with Crippen molar-refractivity contribution in [3.63, 3.8) is 0 Å². The molecule has 0 amide bonds. The number of pyridine rings is 1. The molecule has 3 saturated heterocycles.